The monoisotopic (exact) mass is 379 g/mol. The number of carbonyl (C=O) groups is 2. The number of anilines is 1. The summed E-state index contributed by atoms with van der Waals surface area (Å²) in [6.45, 7) is 1.50. The van der Waals surface area contributed by atoms with Gasteiger partial charge < -0.3 is 25.4 Å². The Kier molecular flexibility index (Phi) is 6.70. The number of hydrogen-bond donors (Lipinski definition) is 4. The number of nitrogens with one attached hydrogen (secondary N) is 1. The Morgan fingerprint density at radius 1 is 1.22 bits per heavy atom. The number of esters is 1. The van der Waals surface area contributed by atoms with Crippen LogP contribution in [0.2, 0.25) is 0 Å². The lowest BCUT2D eigenvalue weighted by molar-refractivity contribution is -0.130. The fourth-order valence-corrected chi connectivity index (χ4v) is 2.59. The quantitative estimate of drug-likeness (QED) is 0.551. The largest absolute Gasteiger partial charge is 0.507 e. The van der Waals surface area contributed by atoms with E-state index in [2.05, 4.69) is 5.32 Å². The van der Waals surface area contributed by atoms with Gasteiger partial charge in [0.15, 0.2) is 5.83 Å². The van der Waals surface area contributed by atoms with Crippen LogP contribution < -0.4 is 5.32 Å². The summed E-state index contributed by atoms with van der Waals surface area (Å²) in [6, 6.07) is 2.95. The summed E-state index contributed by atoms with van der Waals surface area (Å²) in [5, 5.41) is 32.8. The predicted octanol–water partition coefficient (Wildman–Crippen LogP) is 1.93. The Labute approximate surface area is 155 Å². The lowest BCUT2D eigenvalue weighted by Crippen LogP contribution is -2.34. The number of aromatic hydroxyl groups is 1. The van der Waals surface area contributed by atoms with Gasteiger partial charge in [-0.25, -0.2) is 9.18 Å². The maximum Gasteiger partial charge on any atom is 0.342 e. The number of fused-ring (bicyclic) bond motifs is 1. The average Bonchev–Trinajstić information content (AvgIpc) is 2.63. The van der Waals surface area contributed by atoms with Crippen molar-refractivity contribution < 1.29 is 34.0 Å². The van der Waals surface area contributed by atoms with E-state index in [0.29, 0.717) is 11.3 Å². The molecule has 27 heavy (non-hydrogen) atoms. The van der Waals surface area contributed by atoms with Crippen LogP contribution in [0.5, 0.6) is 5.75 Å². The molecular formula is C19H22FNO6. The van der Waals surface area contributed by atoms with Crippen LogP contribution in [0.15, 0.2) is 30.1 Å². The molecule has 1 heterocycles. The number of phenols is 1. The van der Waals surface area contributed by atoms with Gasteiger partial charge in [-0.1, -0.05) is 12.2 Å². The molecule has 1 aromatic carbocycles. The van der Waals surface area contributed by atoms with Crippen LogP contribution in [-0.2, 0) is 9.53 Å². The van der Waals surface area contributed by atoms with Crippen molar-refractivity contribution in [2.24, 2.45) is 0 Å². The van der Waals surface area contributed by atoms with Gasteiger partial charge in [-0.2, -0.15) is 0 Å². The standard InChI is InChI=1S/C19H22FNO6/c1-10-6-7-13(20)17(24)18(25)14(22)5-3-4-11-8-12(21-2)9-15(23)16(11)19(26)27-10/h3-4,7-10,14,18,21-23,25H,5-6H2,1-2H3/b4-3+,13-7+. The highest BCUT2D eigenvalue weighted by Gasteiger charge is 2.27. The van der Waals surface area contributed by atoms with Crippen molar-refractivity contribution in [1.29, 1.82) is 0 Å². The Bertz CT molecular complexity index is 789. The molecule has 1 aromatic rings. The molecule has 0 spiro atoms. The molecular weight excluding hydrogens is 357 g/mol. The molecule has 0 saturated heterocycles. The summed E-state index contributed by atoms with van der Waals surface area (Å²) in [7, 11) is 1.64. The Morgan fingerprint density at radius 2 is 1.93 bits per heavy atom. The Morgan fingerprint density at radius 3 is 2.59 bits per heavy atom. The van der Waals surface area contributed by atoms with Crippen LogP contribution in [0.3, 0.4) is 0 Å². The normalized spacial score (nSPS) is 27.6. The highest BCUT2D eigenvalue weighted by molar-refractivity contribution is 5.98. The molecule has 0 bridgehead atoms. The van der Waals surface area contributed by atoms with E-state index in [0.717, 1.165) is 6.08 Å². The third-order valence-electron chi connectivity index (χ3n) is 4.12. The van der Waals surface area contributed by atoms with E-state index >= 15 is 0 Å². The molecule has 3 atom stereocenters. The van der Waals surface area contributed by atoms with E-state index in [-0.39, 0.29) is 24.2 Å². The van der Waals surface area contributed by atoms with E-state index in [9.17, 15) is 29.3 Å². The number of cyclic esters (lactones) is 1. The summed E-state index contributed by atoms with van der Waals surface area (Å²) in [5.74, 6) is -3.56. The van der Waals surface area contributed by atoms with Crippen LogP contribution in [0.4, 0.5) is 10.1 Å². The molecule has 0 radical (unpaired) electrons. The predicted molar refractivity (Wildman–Crippen MR) is 97.0 cm³/mol. The maximum atomic E-state index is 13.9. The first-order valence-electron chi connectivity index (χ1n) is 8.42. The summed E-state index contributed by atoms with van der Waals surface area (Å²) < 4.78 is 19.1. The van der Waals surface area contributed by atoms with Crippen LogP contribution in [-0.4, -0.2) is 52.4 Å². The van der Waals surface area contributed by atoms with Crippen LogP contribution in [0.25, 0.3) is 6.08 Å². The minimum Gasteiger partial charge on any atom is -0.507 e. The molecule has 4 N–H and O–H groups in total. The number of carbonyl (C=O) groups excluding carboxylic acids is 2. The highest BCUT2D eigenvalue weighted by Crippen LogP contribution is 2.29. The van der Waals surface area contributed by atoms with Gasteiger partial charge in [0.1, 0.15) is 23.5 Å². The number of ether oxygens (including phenoxy) is 1. The smallest absolute Gasteiger partial charge is 0.342 e. The maximum absolute atomic E-state index is 13.9. The number of aliphatic hydroxyl groups excluding tert-OH is 2. The topological polar surface area (TPSA) is 116 Å². The van der Waals surface area contributed by atoms with Gasteiger partial charge in [-0.15, -0.1) is 0 Å². The summed E-state index contributed by atoms with van der Waals surface area (Å²) in [4.78, 5) is 24.3. The summed E-state index contributed by atoms with van der Waals surface area (Å²) in [6.07, 6.45) is -0.775. The van der Waals surface area contributed by atoms with E-state index in [1.165, 1.54) is 25.1 Å². The number of phenolic OH excluding ortho intramolecular Hbond substituents is 1. The first-order chi connectivity index (χ1) is 12.7. The van der Waals surface area contributed by atoms with Gasteiger partial charge >= 0.3 is 5.97 Å². The van der Waals surface area contributed by atoms with Crippen molar-refractivity contribution in [2.75, 3.05) is 12.4 Å². The minimum absolute atomic E-state index is 0.0790. The number of benzene rings is 1. The van der Waals surface area contributed by atoms with Gasteiger partial charge in [0.25, 0.3) is 0 Å². The van der Waals surface area contributed by atoms with Gasteiger partial charge in [-0.3, -0.25) is 4.79 Å². The van der Waals surface area contributed by atoms with E-state index in [4.69, 9.17) is 4.74 Å². The number of rotatable bonds is 1. The summed E-state index contributed by atoms with van der Waals surface area (Å²) in [5.41, 5.74) is 0.784. The number of Topliss-reactive ketones (excluding diaryl/α,β-unsaturated/α-hetero) is 1. The van der Waals surface area contributed by atoms with Crippen molar-refractivity contribution >= 4 is 23.5 Å². The van der Waals surface area contributed by atoms with E-state index in [1.54, 1.807) is 13.1 Å². The zero-order chi connectivity index (χ0) is 20.1. The van der Waals surface area contributed by atoms with Crippen molar-refractivity contribution in [3.05, 3.63) is 41.2 Å². The third kappa shape index (κ3) is 4.93. The molecule has 0 aromatic heterocycles. The van der Waals surface area contributed by atoms with Crippen LogP contribution >= 0.6 is 0 Å². The summed E-state index contributed by atoms with van der Waals surface area (Å²) >= 11 is 0. The molecule has 8 heteroatoms. The van der Waals surface area contributed by atoms with Crippen molar-refractivity contribution in [3.8, 4) is 5.75 Å². The molecule has 1 aliphatic heterocycles. The molecule has 0 saturated carbocycles. The number of aliphatic hydroxyl groups is 2. The van der Waals surface area contributed by atoms with Crippen LogP contribution in [0.1, 0.15) is 35.7 Å². The lowest BCUT2D eigenvalue weighted by Gasteiger charge is -2.17. The number of hydrogen-bond acceptors (Lipinski definition) is 7. The van der Waals surface area contributed by atoms with Crippen molar-refractivity contribution in [3.63, 3.8) is 0 Å². The molecule has 3 unspecified atom stereocenters. The number of ketones is 1. The van der Waals surface area contributed by atoms with Gasteiger partial charge in [0.2, 0.25) is 5.78 Å². The average molecular weight is 379 g/mol. The van der Waals surface area contributed by atoms with Crippen molar-refractivity contribution in [1.82, 2.24) is 0 Å². The Hall–Kier alpha value is -2.71. The molecule has 0 fully saturated rings. The second kappa shape index (κ2) is 8.79. The number of halogens is 1. The van der Waals surface area contributed by atoms with E-state index < -0.39 is 35.9 Å². The lowest BCUT2D eigenvalue weighted by atomic mass is 10.0. The zero-order valence-electron chi connectivity index (χ0n) is 15.0. The zero-order valence-corrected chi connectivity index (χ0v) is 15.0. The Balaban J connectivity index is 2.48. The van der Waals surface area contributed by atoms with Gasteiger partial charge in [0.05, 0.1) is 6.10 Å². The SMILES string of the molecule is CNc1cc(O)c2c(c1)/C=C/CC(O)C(O)C(=O)/C(F)=C\CC(C)OC2=O. The molecule has 0 aliphatic carbocycles. The highest BCUT2D eigenvalue weighted by atomic mass is 19.1. The molecule has 0 amide bonds. The minimum atomic E-state index is -1.91. The fraction of sp³-hybridized carbons (Fsp3) is 0.368. The fourth-order valence-electron chi connectivity index (χ4n) is 2.59. The van der Waals surface area contributed by atoms with Gasteiger partial charge in [0, 0.05) is 25.2 Å². The molecule has 1 aliphatic rings. The third-order valence-corrected chi connectivity index (χ3v) is 4.12. The second-order valence-corrected chi connectivity index (χ2v) is 6.23. The molecule has 146 valence electrons. The van der Waals surface area contributed by atoms with Crippen molar-refractivity contribution in [2.45, 2.75) is 38.1 Å². The first-order valence-corrected chi connectivity index (χ1v) is 8.42. The first kappa shape index (κ1) is 20.6. The molecule has 7 nitrogen and oxygen atoms in total. The second-order valence-electron chi connectivity index (χ2n) is 6.23. The molecule has 2 rings (SSSR count). The van der Waals surface area contributed by atoms with Gasteiger partial charge in [-0.05, 0) is 31.1 Å². The van der Waals surface area contributed by atoms with E-state index in [1.807, 2.05) is 0 Å². The van der Waals surface area contributed by atoms with Crippen LogP contribution in [0, 0.1) is 0 Å².